The average Bonchev–Trinajstić information content (AvgIpc) is 2.61. The number of nitrogens with zero attached hydrogens (tertiary/aromatic N) is 3. The summed E-state index contributed by atoms with van der Waals surface area (Å²) in [5.41, 5.74) is 0. The van der Waals surface area contributed by atoms with E-state index in [4.69, 9.17) is 0 Å². The molecule has 0 unspecified atom stereocenters. The minimum Gasteiger partial charge on any atom is -0.355 e. The van der Waals surface area contributed by atoms with Crippen LogP contribution < -0.4 is 5.32 Å². The monoisotopic (exact) mass is 388 g/mol. The van der Waals surface area contributed by atoms with Gasteiger partial charge in [0.1, 0.15) is 0 Å². The lowest BCUT2D eigenvalue weighted by Gasteiger charge is -2.45. The Hall–Kier alpha value is -0.470. The van der Waals surface area contributed by atoms with E-state index in [1.807, 2.05) is 7.05 Å². The number of hydrogen-bond acceptors (Lipinski definition) is 5. The summed E-state index contributed by atoms with van der Waals surface area (Å²) in [5, 5.41) is 3.50. The minimum absolute atomic E-state index is 0.299. The summed E-state index contributed by atoms with van der Waals surface area (Å²) in [4.78, 5) is 9.17. The SMILES string of the molecule is CN=C(NCCN1CCS(=O)(=O)CC1)N1CCSC2(CCCCC2)C1. The van der Waals surface area contributed by atoms with Crippen LogP contribution in [0.1, 0.15) is 32.1 Å². The number of aliphatic imine (C=N–C) groups is 1. The van der Waals surface area contributed by atoms with Gasteiger partial charge in [-0.05, 0) is 12.8 Å². The highest BCUT2D eigenvalue weighted by Crippen LogP contribution is 2.42. The first-order valence-electron chi connectivity index (χ1n) is 9.54. The Labute approximate surface area is 156 Å². The Bertz CT molecular complexity index is 554. The molecule has 0 aromatic heterocycles. The van der Waals surface area contributed by atoms with Crippen LogP contribution in [0.15, 0.2) is 4.99 Å². The first kappa shape index (κ1) is 19.3. The lowest BCUT2D eigenvalue weighted by atomic mass is 9.87. The third-order valence-corrected chi connectivity index (χ3v) is 8.82. The van der Waals surface area contributed by atoms with E-state index >= 15 is 0 Å². The van der Waals surface area contributed by atoms with Gasteiger partial charge in [-0.2, -0.15) is 11.8 Å². The molecule has 144 valence electrons. The lowest BCUT2D eigenvalue weighted by Crippen LogP contribution is -2.54. The van der Waals surface area contributed by atoms with Gasteiger partial charge in [0.25, 0.3) is 0 Å². The van der Waals surface area contributed by atoms with Crippen LogP contribution in [0, 0.1) is 0 Å². The van der Waals surface area contributed by atoms with Crippen molar-refractivity contribution in [3.63, 3.8) is 0 Å². The van der Waals surface area contributed by atoms with Crippen molar-refractivity contribution in [3.8, 4) is 0 Å². The fourth-order valence-electron chi connectivity index (χ4n) is 4.16. The standard InChI is InChI=1S/C17H32N4O2S2/c1-18-16(19-7-8-20-10-13-25(22,23)14-11-20)21-9-12-24-17(15-21)5-3-2-4-6-17/h2-15H2,1H3,(H,18,19). The molecule has 6 nitrogen and oxygen atoms in total. The van der Waals surface area contributed by atoms with Crippen LogP contribution in [0.2, 0.25) is 0 Å². The predicted molar refractivity (Wildman–Crippen MR) is 106 cm³/mol. The summed E-state index contributed by atoms with van der Waals surface area (Å²) in [5.74, 6) is 2.79. The maximum atomic E-state index is 11.5. The summed E-state index contributed by atoms with van der Waals surface area (Å²) in [6, 6.07) is 0. The fraction of sp³-hybridized carbons (Fsp3) is 0.941. The summed E-state index contributed by atoms with van der Waals surface area (Å²) in [6.07, 6.45) is 6.80. The second-order valence-corrected chi connectivity index (χ2v) is 11.3. The van der Waals surface area contributed by atoms with Crippen LogP contribution in [-0.4, -0.2) is 92.5 Å². The van der Waals surface area contributed by atoms with E-state index in [1.54, 1.807) is 0 Å². The number of thioether (sulfide) groups is 1. The van der Waals surface area contributed by atoms with Crippen LogP contribution in [0.3, 0.4) is 0 Å². The summed E-state index contributed by atoms with van der Waals surface area (Å²) in [7, 11) is -0.925. The molecule has 0 atom stereocenters. The van der Waals surface area contributed by atoms with E-state index in [9.17, 15) is 8.42 Å². The van der Waals surface area contributed by atoms with Gasteiger partial charge in [-0.1, -0.05) is 19.3 Å². The Morgan fingerprint density at radius 3 is 2.56 bits per heavy atom. The molecule has 1 saturated carbocycles. The van der Waals surface area contributed by atoms with Crippen LogP contribution >= 0.6 is 11.8 Å². The van der Waals surface area contributed by atoms with E-state index in [0.29, 0.717) is 29.3 Å². The molecule has 25 heavy (non-hydrogen) atoms. The highest BCUT2D eigenvalue weighted by Gasteiger charge is 2.38. The number of rotatable bonds is 3. The van der Waals surface area contributed by atoms with Gasteiger partial charge in [-0.3, -0.25) is 9.89 Å². The molecule has 1 N–H and O–H groups in total. The van der Waals surface area contributed by atoms with Crippen LogP contribution in [0.25, 0.3) is 0 Å². The minimum atomic E-state index is -2.79. The van der Waals surface area contributed by atoms with Gasteiger partial charge in [0.15, 0.2) is 15.8 Å². The number of hydrogen-bond donors (Lipinski definition) is 1. The van der Waals surface area contributed by atoms with Crippen LogP contribution in [-0.2, 0) is 9.84 Å². The van der Waals surface area contributed by atoms with Gasteiger partial charge in [0, 0.05) is 56.8 Å². The Morgan fingerprint density at radius 2 is 1.88 bits per heavy atom. The van der Waals surface area contributed by atoms with Gasteiger partial charge in [0.2, 0.25) is 0 Å². The molecule has 3 aliphatic rings. The zero-order valence-corrected chi connectivity index (χ0v) is 17.0. The molecule has 0 aromatic carbocycles. The molecule has 3 rings (SSSR count). The summed E-state index contributed by atoms with van der Waals surface area (Å²) in [6.45, 7) is 5.19. The van der Waals surface area contributed by atoms with Crippen molar-refractivity contribution in [2.24, 2.45) is 4.99 Å². The topological polar surface area (TPSA) is 65.0 Å². The second kappa shape index (κ2) is 8.48. The highest BCUT2D eigenvalue weighted by atomic mass is 32.2. The number of nitrogens with one attached hydrogen (secondary N) is 1. The van der Waals surface area contributed by atoms with E-state index in [2.05, 4.69) is 31.9 Å². The summed E-state index contributed by atoms with van der Waals surface area (Å²) < 4.78 is 23.5. The van der Waals surface area contributed by atoms with Gasteiger partial charge in [-0.25, -0.2) is 8.42 Å². The molecule has 0 aromatic rings. The molecule has 2 aliphatic heterocycles. The van der Waals surface area contributed by atoms with Crippen molar-refractivity contribution in [1.82, 2.24) is 15.1 Å². The molecule has 2 saturated heterocycles. The molecule has 0 amide bonds. The number of sulfone groups is 1. The van der Waals surface area contributed by atoms with Crippen molar-refractivity contribution in [3.05, 3.63) is 0 Å². The van der Waals surface area contributed by atoms with Crippen molar-refractivity contribution in [2.45, 2.75) is 36.9 Å². The number of guanidine groups is 1. The van der Waals surface area contributed by atoms with E-state index < -0.39 is 9.84 Å². The second-order valence-electron chi connectivity index (χ2n) is 7.48. The zero-order chi connectivity index (χ0) is 17.8. The molecule has 0 bridgehead atoms. The van der Waals surface area contributed by atoms with Gasteiger partial charge < -0.3 is 10.2 Å². The normalized spacial score (nSPS) is 27.4. The molecule has 2 heterocycles. The molecule has 8 heteroatoms. The molecule has 0 radical (unpaired) electrons. The molecular formula is C17H32N4O2S2. The van der Waals surface area contributed by atoms with Gasteiger partial charge >= 0.3 is 0 Å². The van der Waals surface area contributed by atoms with Crippen molar-refractivity contribution in [2.75, 3.05) is 63.6 Å². The van der Waals surface area contributed by atoms with E-state index in [0.717, 1.165) is 32.1 Å². The zero-order valence-electron chi connectivity index (χ0n) is 15.4. The maximum Gasteiger partial charge on any atom is 0.193 e. The van der Waals surface area contributed by atoms with Gasteiger partial charge in [0.05, 0.1) is 11.5 Å². The molecule has 1 spiro atoms. The smallest absolute Gasteiger partial charge is 0.193 e. The maximum absolute atomic E-state index is 11.5. The fourth-order valence-corrected chi connectivity index (χ4v) is 7.00. The van der Waals surface area contributed by atoms with Crippen molar-refractivity contribution in [1.29, 1.82) is 0 Å². The first-order valence-corrected chi connectivity index (χ1v) is 12.4. The third-order valence-electron chi connectivity index (χ3n) is 5.67. The highest BCUT2D eigenvalue weighted by molar-refractivity contribution is 8.00. The largest absolute Gasteiger partial charge is 0.355 e. The summed E-state index contributed by atoms with van der Waals surface area (Å²) >= 11 is 2.17. The van der Waals surface area contributed by atoms with Crippen LogP contribution in [0.4, 0.5) is 0 Å². The lowest BCUT2D eigenvalue weighted by molar-refractivity contribution is 0.283. The molecule has 1 aliphatic carbocycles. The Balaban J connectivity index is 1.46. The molecular weight excluding hydrogens is 356 g/mol. The Morgan fingerprint density at radius 1 is 1.16 bits per heavy atom. The van der Waals surface area contributed by atoms with Gasteiger partial charge in [-0.15, -0.1) is 0 Å². The third kappa shape index (κ3) is 5.26. The van der Waals surface area contributed by atoms with Crippen molar-refractivity contribution < 1.29 is 8.42 Å². The quantitative estimate of drug-likeness (QED) is 0.576. The Kier molecular flexibility index (Phi) is 6.55. The first-order chi connectivity index (χ1) is 12.0. The predicted octanol–water partition coefficient (Wildman–Crippen LogP) is 1.04. The van der Waals surface area contributed by atoms with Crippen LogP contribution in [0.5, 0.6) is 0 Å². The van der Waals surface area contributed by atoms with E-state index in [1.165, 1.54) is 37.9 Å². The average molecular weight is 389 g/mol. The van der Waals surface area contributed by atoms with E-state index in [-0.39, 0.29) is 0 Å². The van der Waals surface area contributed by atoms with Crippen molar-refractivity contribution >= 4 is 27.6 Å². The molecule has 3 fully saturated rings.